The van der Waals surface area contributed by atoms with Crippen LogP contribution in [0.2, 0.25) is 0 Å². The lowest BCUT2D eigenvalue weighted by Gasteiger charge is -2.33. The molecular weight excluding hydrogens is 314 g/mol. The lowest BCUT2D eigenvalue weighted by atomic mass is 9.97. The number of imidazole rings is 1. The van der Waals surface area contributed by atoms with Crippen LogP contribution < -0.4 is 0 Å². The van der Waals surface area contributed by atoms with Crippen LogP contribution in [0.4, 0.5) is 0 Å². The molecule has 25 heavy (non-hydrogen) atoms. The average molecular weight is 341 g/mol. The zero-order valence-corrected chi connectivity index (χ0v) is 15.4. The molecule has 0 unspecified atom stereocenters. The predicted molar refractivity (Wildman–Crippen MR) is 97.1 cm³/mol. The highest BCUT2D eigenvalue weighted by molar-refractivity contribution is 5.78. The molecule has 1 amide bonds. The molecule has 0 spiro atoms. The molecule has 0 aromatic carbocycles. The van der Waals surface area contributed by atoms with Gasteiger partial charge in [-0.15, -0.1) is 0 Å². The average Bonchev–Trinajstić information content (AvgIpc) is 2.94. The van der Waals surface area contributed by atoms with E-state index in [0.29, 0.717) is 12.5 Å². The van der Waals surface area contributed by atoms with Crippen molar-refractivity contribution in [1.29, 1.82) is 0 Å². The standard InChI is InChI=1S/C19H27N5O/c1-15-11-23(3)19(21-15)17-7-5-9-24(13-17)18(25)14-22(2)12-16-6-4-8-20-10-16/h4,6,8,10-11,17H,5,7,9,12-14H2,1-3H3/t17-/m0/s1. The summed E-state index contributed by atoms with van der Waals surface area (Å²) in [6, 6.07) is 3.96. The van der Waals surface area contributed by atoms with Gasteiger partial charge in [-0.2, -0.15) is 0 Å². The summed E-state index contributed by atoms with van der Waals surface area (Å²) < 4.78 is 2.10. The van der Waals surface area contributed by atoms with Gasteiger partial charge in [-0.1, -0.05) is 6.07 Å². The molecule has 6 nitrogen and oxygen atoms in total. The molecule has 1 saturated heterocycles. The molecule has 1 aliphatic heterocycles. The molecule has 0 bridgehead atoms. The minimum Gasteiger partial charge on any atom is -0.341 e. The van der Waals surface area contributed by atoms with E-state index >= 15 is 0 Å². The van der Waals surface area contributed by atoms with Crippen molar-refractivity contribution in [1.82, 2.24) is 24.3 Å². The van der Waals surface area contributed by atoms with Gasteiger partial charge in [0.05, 0.1) is 12.2 Å². The highest BCUT2D eigenvalue weighted by atomic mass is 16.2. The number of hydrogen-bond donors (Lipinski definition) is 0. The van der Waals surface area contributed by atoms with E-state index in [0.717, 1.165) is 49.6 Å². The second-order valence-corrected chi connectivity index (χ2v) is 7.06. The Morgan fingerprint density at radius 3 is 2.96 bits per heavy atom. The van der Waals surface area contributed by atoms with Gasteiger partial charge in [-0.05, 0) is 38.4 Å². The highest BCUT2D eigenvalue weighted by Gasteiger charge is 2.27. The Balaban J connectivity index is 1.57. The number of piperidine rings is 1. The molecule has 1 aliphatic rings. The fraction of sp³-hybridized carbons (Fsp3) is 0.526. The van der Waals surface area contributed by atoms with E-state index < -0.39 is 0 Å². The summed E-state index contributed by atoms with van der Waals surface area (Å²) in [7, 11) is 4.02. The fourth-order valence-electron chi connectivity index (χ4n) is 3.62. The minimum absolute atomic E-state index is 0.196. The van der Waals surface area contributed by atoms with Crippen LogP contribution in [-0.2, 0) is 18.4 Å². The maximum absolute atomic E-state index is 12.7. The molecule has 2 aromatic heterocycles. The van der Waals surface area contributed by atoms with Crippen LogP contribution in [0.15, 0.2) is 30.7 Å². The Labute approximate surface area is 149 Å². The quantitative estimate of drug-likeness (QED) is 0.834. The molecule has 1 fully saturated rings. The van der Waals surface area contributed by atoms with Crippen molar-refractivity contribution in [2.45, 2.75) is 32.2 Å². The first-order valence-corrected chi connectivity index (χ1v) is 8.88. The molecule has 3 rings (SSSR count). The minimum atomic E-state index is 0.196. The van der Waals surface area contributed by atoms with E-state index in [4.69, 9.17) is 0 Å². The topological polar surface area (TPSA) is 54.3 Å². The van der Waals surface area contributed by atoms with E-state index in [-0.39, 0.29) is 5.91 Å². The first kappa shape index (κ1) is 17.6. The number of rotatable bonds is 5. The molecule has 1 atom stereocenters. The Bertz CT molecular complexity index is 712. The Morgan fingerprint density at radius 1 is 1.44 bits per heavy atom. The summed E-state index contributed by atoms with van der Waals surface area (Å²) in [6.45, 7) is 4.79. The summed E-state index contributed by atoms with van der Waals surface area (Å²) in [4.78, 5) is 25.5. The molecule has 0 radical (unpaired) electrons. The highest BCUT2D eigenvalue weighted by Crippen LogP contribution is 2.26. The van der Waals surface area contributed by atoms with Crippen molar-refractivity contribution < 1.29 is 4.79 Å². The van der Waals surface area contributed by atoms with Crippen molar-refractivity contribution in [2.24, 2.45) is 7.05 Å². The SMILES string of the molecule is Cc1cn(C)c([C@H]2CCCN(C(=O)CN(C)Cc3cccnc3)C2)n1. The first-order valence-electron chi connectivity index (χ1n) is 8.88. The number of amides is 1. The van der Waals surface area contributed by atoms with Gasteiger partial charge in [0.1, 0.15) is 5.82 Å². The number of aromatic nitrogens is 3. The second kappa shape index (κ2) is 7.78. The number of hydrogen-bond acceptors (Lipinski definition) is 4. The van der Waals surface area contributed by atoms with Crippen molar-refractivity contribution in [3.63, 3.8) is 0 Å². The maximum atomic E-state index is 12.7. The normalized spacial score (nSPS) is 17.9. The third-order valence-corrected chi connectivity index (χ3v) is 4.75. The third kappa shape index (κ3) is 4.45. The van der Waals surface area contributed by atoms with Gasteiger partial charge < -0.3 is 9.47 Å². The third-order valence-electron chi connectivity index (χ3n) is 4.75. The van der Waals surface area contributed by atoms with E-state index in [9.17, 15) is 4.79 Å². The summed E-state index contributed by atoms with van der Waals surface area (Å²) in [5.41, 5.74) is 2.16. The van der Waals surface area contributed by atoms with Gasteiger partial charge in [0.2, 0.25) is 5.91 Å². The number of aryl methyl sites for hydroxylation is 2. The van der Waals surface area contributed by atoms with Gasteiger partial charge >= 0.3 is 0 Å². The van der Waals surface area contributed by atoms with Crippen LogP contribution in [0.5, 0.6) is 0 Å². The van der Waals surface area contributed by atoms with Crippen molar-refractivity contribution >= 4 is 5.91 Å². The zero-order chi connectivity index (χ0) is 17.8. The number of likely N-dealkylation sites (N-methyl/N-ethyl adjacent to an activating group) is 1. The van der Waals surface area contributed by atoms with Crippen LogP contribution in [0.25, 0.3) is 0 Å². The van der Waals surface area contributed by atoms with Crippen LogP contribution >= 0.6 is 0 Å². The fourth-order valence-corrected chi connectivity index (χ4v) is 3.62. The molecule has 3 heterocycles. The number of nitrogens with zero attached hydrogens (tertiary/aromatic N) is 5. The summed E-state index contributed by atoms with van der Waals surface area (Å²) in [6.07, 6.45) is 7.80. The number of carbonyl (C=O) groups is 1. The molecule has 0 aliphatic carbocycles. The smallest absolute Gasteiger partial charge is 0.236 e. The zero-order valence-electron chi connectivity index (χ0n) is 15.4. The second-order valence-electron chi connectivity index (χ2n) is 7.06. The van der Waals surface area contributed by atoms with Crippen LogP contribution in [-0.4, -0.2) is 56.9 Å². The molecule has 6 heteroatoms. The van der Waals surface area contributed by atoms with E-state index in [1.54, 1.807) is 6.20 Å². The Hall–Kier alpha value is -2.21. The largest absolute Gasteiger partial charge is 0.341 e. The first-order chi connectivity index (χ1) is 12.0. The molecule has 134 valence electrons. The van der Waals surface area contributed by atoms with Crippen molar-refractivity contribution in [3.8, 4) is 0 Å². The van der Waals surface area contributed by atoms with Gasteiger partial charge in [0.25, 0.3) is 0 Å². The Morgan fingerprint density at radius 2 is 2.28 bits per heavy atom. The Kier molecular flexibility index (Phi) is 5.48. The summed E-state index contributed by atoms with van der Waals surface area (Å²) in [5.74, 6) is 1.63. The van der Waals surface area contributed by atoms with Crippen LogP contribution in [0, 0.1) is 6.92 Å². The van der Waals surface area contributed by atoms with Gasteiger partial charge in [0, 0.05) is 51.2 Å². The lowest BCUT2D eigenvalue weighted by molar-refractivity contribution is -0.133. The van der Waals surface area contributed by atoms with Crippen LogP contribution in [0.3, 0.4) is 0 Å². The number of carbonyl (C=O) groups excluding carboxylic acids is 1. The van der Waals surface area contributed by atoms with E-state index in [2.05, 4.69) is 20.7 Å². The van der Waals surface area contributed by atoms with Crippen molar-refractivity contribution in [3.05, 3.63) is 47.8 Å². The molecular formula is C19H27N5O. The molecule has 0 saturated carbocycles. The van der Waals surface area contributed by atoms with Gasteiger partial charge in [-0.3, -0.25) is 14.7 Å². The summed E-state index contributed by atoms with van der Waals surface area (Å²) >= 11 is 0. The molecule has 0 N–H and O–H groups in total. The summed E-state index contributed by atoms with van der Waals surface area (Å²) in [5, 5.41) is 0. The molecule has 2 aromatic rings. The lowest BCUT2D eigenvalue weighted by Crippen LogP contribution is -2.44. The van der Waals surface area contributed by atoms with Gasteiger partial charge in [0.15, 0.2) is 0 Å². The monoisotopic (exact) mass is 341 g/mol. The van der Waals surface area contributed by atoms with Gasteiger partial charge in [-0.25, -0.2) is 4.98 Å². The van der Waals surface area contributed by atoms with E-state index in [1.807, 2.05) is 49.1 Å². The number of likely N-dealkylation sites (tertiary alicyclic amines) is 1. The van der Waals surface area contributed by atoms with Crippen LogP contribution in [0.1, 0.15) is 35.8 Å². The predicted octanol–water partition coefficient (Wildman–Crippen LogP) is 1.96. The van der Waals surface area contributed by atoms with Crippen molar-refractivity contribution in [2.75, 3.05) is 26.7 Å². The van der Waals surface area contributed by atoms with E-state index in [1.165, 1.54) is 0 Å². The maximum Gasteiger partial charge on any atom is 0.236 e. The number of pyridine rings is 1.